The van der Waals surface area contributed by atoms with Crippen LogP contribution in [0.25, 0.3) is 0 Å². The fourth-order valence-electron chi connectivity index (χ4n) is 2.25. The predicted molar refractivity (Wildman–Crippen MR) is 76.0 cm³/mol. The van der Waals surface area contributed by atoms with Crippen molar-refractivity contribution in [2.24, 2.45) is 0 Å². The lowest BCUT2D eigenvalue weighted by Crippen LogP contribution is -2.49. The Morgan fingerprint density at radius 2 is 2.00 bits per heavy atom. The van der Waals surface area contributed by atoms with Gasteiger partial charge in [0.25, 0.3) is 0 Å². The molecule has 0 amide bonds. The van der Waals surface area contributed by atoms with Gasteiger partial charge in [-0.3, -0.25) is 4.79 Å². The summed E-state index contributed by atoms with van der Waals surface area (Å²) in [4.78, 5) is 13.7. The molecule has 0 fully saturated rings. The Morgan fingerprint density at radius 1 is 1.39 bits per heavy atom. The Morgan fingerprint density at radius 3 is 2.39 bits per heavy atom. The molecule has 0 aliphatic carbocycles. The van der Waals surface area contributed by atoms with E-state index in [-0.39, 0.29) is 0 Å². The minimum atomic E-state index is -0.788. The molecule has 108 valence electrons. The van der Waals surface area contributed by atoms with Crippen LogP contribution in [-0.2, 0) is 4.79 Å². The van der Waals surface area contributed by atoms with Gasteiger partial charge >= 0.3 is 5.97 Å². The zero-order valence-electron chi connectivity index (χ0n) is 12.6. The Kier molecular flexibility index (Phi) is 8.20. The Bertz CT molecular complexity index is 246. The van der Waals surface area contributed by atoms with Crippen LogP contribution in [-0.4, -0.2) is 47.2 Å². The molecule has 2 unspecified atom stereocenters. The molecule has 2 atom stereocenters. The van der Waals surface area contributed by atoms with Crippen molar-refractivity contribution in [3.8, 4) is 0 Å². The maximum atomic E-state index is 11.3. The normalized spacial score (nSPS) is 16.6. The lowest BCUT2D eigenvalue weighted by Gasteiger charge is -2.30. The second kappa shape index (κ2) is 8.48. The summed E-state index contributed by atoms with van der Waals surface area (Å²) in [5.74, 6) is -0.754. The number of likely N-dealkylation sites (N-methyl/N-ethyl adjacent to an activating group) is 1. The summed E-state index contributed by atoms with van der Waals surface area (Å²) in [6.45, 7) is 13.0. The second-order valence-corrected chi connectivity index (χ2v) is 5.16. The summed E-state index contributed by atoms with van der Waals surface area (Å²) in [6, 6.07) is 0.574. The third-order valence-corrected chi connectivity index (χ3v) is 3.78. The molecule has 0 aromatic rings. The van der Waals surface area contributed by atoms with E-state index in [1.165, 1.54) is 0 Å². The molecule has 0 bridgehead atoms. The fraction of sp³-hybridized carbons (Fsp3) is 0.929. The van der Waals surface area contributed by atoms with E-state index in [9.17, 15) is 9.90 Å². The number of nitrogens with zero attached hydrogens (tertiary/aromatic N) is 1. The molecule has 0 saturated carbocycles. The summed E-state index contributed by atoms with van der Waals surface area (Å²) >= 11 is 0. The van der Waals surface area contributed by atoms with Crippen molar-refractivity contribution in [3.05, 3.63) is 0 Å². The van der Waals surface area contributed by atoms with E-state index < -0.39 is 11.5 Å². The maximum Gasteiger partial charge on any atom is 0.323 e. The average molecular weight is 258 g/mol. The molecule has 0 aromatic heterocycles. The predicted octanol–water partition coefficient (Wildman–Crippen LogP) is 2.34. The van der Waals surface area contributed by atoms with Crippen molar-refractivity contribution < 1.29 is 9.90 Å². The number of hydrogen-bond donors (Lipinski definition) is 2. The second-order valence-electron chi connectivity index (χ2n) is 5.16. The molecular weight excluding hydrogens is 228 g/mol. The number of hydrogen-bond acceptors (Lipinski definition) is 3. The van der Waals surface area contributed by atoms with Gasteiger partial charge < -0.3 is 15.3 Å². The molecule has 0 aliphatic heterocycles. The molecule has 0 aromatic carbocycles. The third kappa shape index (κ3) is 5.36. The summed E-state index contributed by atoms with van der Waals surface area (Å²) in [6.07, 6.45) is 2.72. The molecule has 18 heavy (non-hydrogen) atoms. The molecule has 0 heterocycles. The number of carboxylic acids is 1. The van der Waals surface area contributed by atoms with E-state index in [4.69, 9.17) is 0 Å². The molecule has 4 heteroatoms. The minimum Gasteiger partial charge on any atom is -0.480 e. The van der Waals surface area contributed by atoms with Gasteiger partial charge in [0.15, 0.2) is 0 Å². The van der Waals surface area contributed by atoms with E-state index in [1.54, 1.807) is 6.92 Å². The summed E-state index contributed by atoms with van der Waals surface area (Å²) in [5.41, 5.74) is -0.788. The van der Waals surface area contributed by atoms with Crippen LogP contribution in [0.15, 0.2) is 0 Å². The molecule has 0 saturated heterocycles. The van der Waals surface area contributed by atoms with Crippen molar-refractivity contribution in [3.63, 3.8) is 0 Å². The molecule has 0 radical (unpaired) electrons. The highest BCUT2D eigenvalue weighted by molar-refractivity contribution is 5.78. The zero-order valence-corrected chi connectivity index (χ0v) is 12.6. The quantitative estimate of drug-likeness (QED) is 0.631. The van der Waals surface area contributed by atoms with E-state index in [0.29, 0.717) is 19.0 Å². The van der Waals surface area contributed by atoms with Crippen LogP contribution in [0.3, 0.4) is 0 Å². The highest BCUT2D eigenvalue weighted by Gasteiger charge is 2.31. The van der Waals surface area contributed by atoms with E-state index in [2.05, 4.69) is 31.0 Å². The lowest BCUT2D eigenvalue weighted by atomic mass is 9.95. The van der Waals surface area contributed by atoms with Crippen molar-refractivity contribution in [1.29, 1.82) is 0 Å². The van der Waals surface area contributed by atoms with Gasteiger partial charge in [-0.05, 0) is 52.7 Å². The van der Waals surface area contributed by atoms with Crippen molar-refractivity contribution in [2.45, 2.75) is 65.5 Å². The number of aliphatic carboxylic acids is 1. The van der Waals surface area contributed by atoms with Gasteiger partial charge in [0, 0.05) is 6.04 Å². The molecular formula is C14H30N2O2. The first kappa shape index (κ1) is 17.4. The minimum absolute atomic E-state index is 0.574. The molecule has 0 spiro atoms. The van der Waals surface area contributed by atoms with Gasteiger partial charge in [-0.1, -0.05) is 20.8 Å². The summed E-state index contributed by atoms with van der Waals surface area (Å²) in [5, 5.41) is 12.3. The smallest absolute Gasteiger partial charge is 0.323 e. The number of rotatable bonds is 10. The van der Waals surface area contributed by atoms with Gasteiger partial charge in [0.05, 0.1) is 0 Å². The van der Waals surface area contributed by atoms with Gasteiger partial charge in [-0.25, -0.2) is 0 Å². The van der Waals surface area contributed by atoms with Gasteiger partial charge in [-0.2, -0.15) is 0 Å². The first-order valence-electron chi connectivity index (χ1n) is 7.13. The van der Waals surface area contributed by atoms with Crippen LogP contribution >= 0.6 is 0 Å². The fourth-order valence-corrected chi connectivity index (χ4v) is 2.25. The first-order valence-corrected chi connectivity index (χ1v) is 7.13. The Hall–Kier alpha value is -0.610. The van der Waals surface area contributed by atoms with Crippen molar-refractivity contribution in [2.75, 3.05) is 19.6 Å². The van der Waals surface area contributed by atoms with E-state index >= 15 is 0 Å². The van der Waals surface area contributed by atoms with E-state index in [0.717, 1.165) is 25.9 Å². The molecule has 0 aliphatic rings. The summed E-state index contributed by atoms with van der Waals surface area (Å²) < 4.78 is 0. The highest BCUT2D eigenvalue weighted by atomic mass is 16.4. The molecule has 4 nitrogen and oxygen atoms in total. The number of carboxylic acid groups (broad SMARTS) is 1. The van der Waals surface area contributed by atoms with Crippen LogP contribution in [0.4, 0.5) is 0 Å². The Balaban J connectivity index is 4.24. The van der Waals surface area contributed by atoms with Crippen LogP contribution in [0.5, 0.6) is 0 Å². The van der Waals surface area contributed by atoms with Crippen molar-refractivity contribution >= 4 is 5.97 Å². The lowest BCUT2D eigenvalue weighted by molar-refractivity contribution is -0.144. The van der Waals surface area contributed by atoms with Crippen LogP contribution in [0, 0.1) is 0 Å². The first-order chi connectivity index (χ1) is 8.41. The highest BCUT2D eigenvalue weighted by Crippen LogP contribution is 2.14. The Labute approximate surface area is 112 Å². The molecule has 0 rings (SSSR count). The monoisotopic (exact) mass is 258 g/mol. The third-order valence-electron chi connectivity index (χ3n) is 3.78. The van der Waals surface area contributed by atoms with Crippen LogP contribution in [0.2, 0.25) is 0 Å². The standard InChI is InChI=1S/C14H30N2O2/c1-6-12(4)16(8-3)11-9-10-14(5,13(17)18)15-7-2/h12,15H,6-11H2,1-5H3,(H,17,18). The van der Waals surface area contributed by atoms with Crippen molar-refractivity contribution in [1.82, 2.24) is 10.2 Å². The van der Waals surface area contributed by atoms with Crippen LogP contribution in [0.1, 0.15) is 53.9 Å². The average Bonchev–Trinajstić information content (AvgIpc) is 2.34. The van der Waals surface area contributed by atoms with Gasteiger partial charge in [-0.15, -0.1) is 0 Å². The number of carbonyl (C=O) groups is 1. The maximum absolute atomic E-state index is 11.3. The summed E-state index contributed by atoms with van der Waals surface area (Å²) in [7, 11) is 0. The zero-order chi connectivity index (χ0) is 14.2. The van der Waals surface area contributed by atoms with Gasteiger partial charge in [0.2, 0.25) is 0 Å². The number of nitrogens with one attached hydrogen (secondary N) is 1. The topological polar surface area (TPSA) is 52.6 Å². The SMILES string of the molecule is CCNC(C)(CCCN(CC)C(C)CC)C(=O)O. The molecule has 2 N–H and O–H groups in total. The van der Waals surface area contributed by atoms with Crippen LogP contribution < -0.4 is 5.32 Å². The largest absolute Gasteiger partial charge is 0.480 e. The van der Waals surface area contributed by atoms with Gasteiger partial charge in [0.1, 0.15) is 5.54 Å². The van der Waals surface area contributed by atoms with E-state index in [1.807, 2.05) is 6.92 Å².